The zero-order valence-corrected chi connectivity index (χ0v) is 8.68. The summed E-state index contributed by atoms with van der Waals surface area (Å²) in [5, 5.41) is 0. The first kappa shape index (κ1) is 31.9. The predicted molar refractivity (Wildman–Crippen MR) is 27.9 cm³/mol. The van der Waals surface area contributed by atoms with Crippen LogP contribution in [0.25, 0.3) is 0 Å². The van der Waals surface area contributed by atoms with Gasteiger partial charge in [0.05, 0.1) is 0 Å². The molecule has 0 rings (SSSR count). The molecule has 0 N–H and O–H groups in total. The molecule has 0 heterocycles. The van der Waals surface area contributed by atoms with E-state index < -0.39 is 0 Å². The summed E-state index contributed by atoms with van der Waals surface area (Å²) in [5.74, 6) is 0. The van der Waals surface area contributed by atoms with Crippen LogP contribution in [0.4, 0.5) is 0 Å². The number of hydrogen-bond acceptors (Lipinski definition) is 0. The Morgan fingerprint density at radius 2 is 1.20 bits per heavy atom. The first-order valence-electron chi connectivity index (χ1n) is 0. The Bertz CT molecular complexity index is 17.7. The van der Waals surface area contributed by atoms with Gasteiger partial charge in [-0.1, -0.05) is 0 Å². The monoisotopic (exact) mass is 475 g/mol. The van der Waals surface area contributed by atoms with Gasteiger partial charge in [-0.05, 0) is 0 Å². The van der Waals surface area contributed by atoms with Crippen LogP contribution in [0.3, 0.4) is 0 Å². The second-order valence-electron chi connectivity index (χ2n) is 0. The first-order valence-corrected chi connectivity index (χ1v) is 0. The second-order valence-corrected chi connectivity index (χ2v) is 0. The van der Waals surface area contributed by atoms with Crippen LogP contribution in [0.15, 0.2) is 0 Å². The van der Waals surface area contributed by atoms with E-state index in [-0.39, 0.29) is 162 Å². The number of hydrogen-bond donors (Lipinski definition) is 0. The summed E-state index contributed by atoms with van der Waals surface area (Å²) >= 11 is 0. The van der Waals surface area contributed by atoms with Crippen molar-refractivity contribution in [1.29, 1.82) is 0 Å². The van der Waals surface area contributed by atoms with E-state index >= 15 is 0 Å². The Morgan fingerprint density at radius 1 is 1.20 bits per heavy atom. The van der Waals surface area contributed by atoms with Crippen LogP contribution in [0.1, 0.15) is 2.85 Å². The van der Waals surface area contributed by atoms with Gasteiger partial charge in [-0.25, -0.2) is 0 Å². The molecule has 0 aromatic heterocycles. The van der Waals surface area contributed by atoms with E-state index in [1.165, 1.54) is 0 Å². The van der Waals surface area contributed by atoms with Crippen molar-refractivity contribution in [3.63, 3.8) is 0 Å². The normalized spacial score (nSPS) is 0. The van der Waals surface area contributed by atoms with Gasteiger partial charge in [0.15, 0.2) is 0 Å². The molecule has 0 bridgehead atoms. The molecule has 0 amide bonds. The van der Waals surface area contributed by atoms with Gasteiger partial charge in [-0.3, -0.25) is 0 Å². The van der Waals surface area contributed by atoms with E-state index in [2.05, 4.69) is 0 Å². The van der Waals surface area contributed by atoms with Crippen molar-refractivity contribution in [3.05, 3.63) is 0 Å². The molecule has 0 unspecified atom stereocenters. The molecule has 0 spiro atoms. The molecule has 0 aromatic carbocycles. The largest absolute Gasteiger partial charge is 0 e. The minimum absolute atomic E-state index is 0. The minimum Gasteiger partial charge on any atom is 0 e. The molecule has 0 aromatic rings. The van der Waals surface area contributed by atoms with Crippen molar-refractivity contribution in [2.45, 2.75) is 0 Å². The molecule has 0 aliphatic heterocycles. The van der Waals surface area contributed by atoms with Gasteiger partial charge >= 0.3 is 83.4 Å². The SMILES string of the molecule is [Ca+2].[Eu].[GaH3].[H-].[H-].[InH3].[Zr]. The van der Waals surface area contributed by atoms with E-state index in [1.807, 2.05) is 0 Å². The van der Waals surface area contributed by atoms with Crippen molar-refractivity contribution >= 4 is 83.4 Å². The molecule has 5 heteroatoms. The molecule has 0 atom stereocenters. The summed E-state index contributed by atoms with van der Waals surface area (Å²) in [6, 6.07) is 0. The zero-order valence-electron chi connectivity index (χ0n) is 3.59. The van der Waals surface area contributed by atoms with E-state index in [1.54, 1.807) is 0 Å². The van der Waals surface area contributed by atoms with E-state index in [4.69, 9.17) is 0 Å². The predicted octanol–water partition coefficient (Wildman–Crippen LogP) is -2.53. The van der Waals surface area contributed by atoms with Gasteiger partial charge in [0.2, 0.25) is 0 Å². The van der Waals surface area contributed by atoms with Gasteiger partial charge in [-0.2, -0.15) is 0 Å². The number of rotatable bonds is 0. The van der Waals surface area contributed by atoms with Gasteiger partial charge in [-0.15, -0.1) is 0 Å². The van der Waals surface area contributed by atoms with Crippen LogP contribution < -0.4 is 0 Å². The van der Waals surface area contributed by atoms with Crippen LogP contribution in [0, 0.1) is 49.4 Å². The Labute approximate surface area is 157 Å². The molecule has 0 aliphatic carbocycles. The van der Waals surface area contributed by atoms with Crippen LogP contribution in [0.2, 0.25) is 0 Å². The molecule has 1 radical (unpaired) electrons. The molecule has 0 saturated carbocycles. The summed E-state index contributed by atoms with van der Waals surface area (Å²) in [6.07, 6.45) is 0. The fraction of sp³-hybridized carbons (Fsp3) is 0. The Balaban J connectivity index is 0. The average Bonchev–Trinajstić information content (AvgIpc) is 0. The topological polar surface area (TPSA) is 0 Å². The quantitative estimate of drug-likeness (QED) is 0.339. The van der Waals surface area contributed by atoms with Crippen molar-refractivity contribution in [1.82, 2.24) is 0 Å². The van der Waals surface area contributed by atoms with E-state index in [9.17, 15) is 0 Å². The van der Waals surface area contributed by atoms with Crippen LogP contribution in [0.5, 0.6) is 0 Å². The Hall–Kier alpha value is 5.23. The molecule has 0 nitrogen and oxygen atoms in total. The van der Waals surface area contributed by atoms with Gasteiger partial charge in [0, 0.05) is 75.6 Å². The minimum atomic E-state index is 0. The Kier molecular flexibility index (Phi) is 146. The molecule has 27 valence electrons. The van der Waals surface area contributed by atoms with Crippen molar-refractivity contribution in [3.8, 4) is 0 Å². The second kappa shape index (κ2) is 22.9. The van der Waals surface area contributed by atoms with Gasteiger partial charge in [0.1, 0.15) is 0 Å². The summed E-state index contributed by atoms with van der Waals surface area (Å²) < 4.78 is 0. The van der Waals surface area contributed by atoms with Crippen LogP contribution >= 0.6 is 0 Å². The molecule has 0 fully saturated rings. The molecule has 0 saturated heterocycles. The third-order valence-electron chi connectivity index (χ3n) is 0. The van der Waals surface area contributed by atoms with Crippen molar-refractivity contribution < 1.29 is 78.4 Å². The summed E-state index contributed by atoms with van der Waals surface area (Å²) in [6.45, 7) is 0. The first-order chi connectivity index (χ1) is 0. The smallest absolute Gasteiger partial charge is 0 e. The zero-order chi connectivity index (χ0) is 0. The molecule has 5 heavy (non-hydrogen) atoms. The molecular formula is H8CaEuGaInZr. The third-order valence-corrected chi connectivity index (χ3v) is 0. The van der Waals surface area contributed by atoms with Crippen LogP contribution in [-0.2, 0) is 26.2 Å². The van der Waals surface area contributed by atoms with Crippen molar-refractivity contribution in [2.24, 2.45) is 0 Å². The third kappa shape index (κ3) is 17.6. The summed E-state index contributed by atoms with van der Waals surface area (Å²) in [5.41, 5.74) is 0. The fourth-order valence-corrected chi connectivity index (χ4v) is 0. The van der Waals surface area contributed by atoms with E-state index in [0.29, 0.717) is 0 Å². The Morgan fingerprint density at radius 3 is 1.20 bits per heavy atom. The maximum absolute atomic E-state index is 0. The van der Waals surface area contributed by atoms with Gasteiger partial charge in [0.25, 0.3) is 0 Å². The molecule has 0 aliphatic rings. The summed E-state index contributed by atoms with van der Waals surface area (Å²) in [7, 11) is 0. The maximum Gasteiger partial charge on any atom is 0 e. The van der Waals surface area contributed by atoms with Gasteiger partial charge < -0.3 is 2.85 Å². The van der Waals surface area contributed by atoms with E-state index in [0.717, 1.165) is 0 Å². The maximum atomic E-state index is 0. The standard InChI is InChI=1S/Ca.Eu.Ga.In.Zr.8H/q+2;;;;;;;;;;;2*-1. The summed E-state index contributed by atoms with van der Waals surface area (Å²) in [4.78, 5) is 0. The average molecular weight is 476 g/mol. The van der Waals surface area contributed by atoms with Crippen molar-refractivity contribution in [2.75, 3.05) is 0 Å². The fourth-order valence-electron chi connectivity index (χ4n) is 0. The van der Waals surface area contributed by atoms with Crippen LogP contribution in [-0.4, -0.2) is 83.4 Å². The molecular weight excluding hydrogens is 468 g/mol.